The van der Waals surface area contributed by atoms with Gasteiger partial charge in [0.2, 0.25) is 0 Å². The van der Waals surface area contributed by atoms with E-state index >= 15 is 0 Å². The average molecular weight is 252 g/mol. The highest BCUT2D eigenvalue weighted by molar-refractivity contribution is 5.18. The van der Waals surface area contributed by atoms with Crippen LogP contribution in [0.3, 0.4) is 0 Å². The van der Waals surface area contributed by atoms with Gasteiger partial charge in [0, 0.05) is 13.0 Å². The first-order valence-electron chi connectivity index (χ1n) is 6.72. The number of halogens is 1. The lowest BCUT2D eigenvalue weighted by molar-refractivity contribution is -0.0376. The quantitative estimate of drug-likeness (QED) is 0.843. The summed E-state index contributed by atoms with van der Waals surface area (Å²) in [4.78, 5) is 0. The van der Waals surface area contributed by atoms with Crippen molar-refractivity contribution in [1.29, 1.82) is 0 Å². The summed E-state index contributed by atoms with van der Waals surface area (Å²) in [6.07, 6.45) is 3.14. The van der Waals surface area contributed by atoms with Crippen LogP contribution in [0.25, 0.3) is 0 Å². The molecule has 3 heteroatoms. The maximum absolute atomic E-state index is 13.4. The van der Waals surface area contributed by atoms with Gasteiger partial charge < -0.3 is 9.84 Å². The molecule has 1 aliphatic carbocycles. The zero-order valence-corrected chi connectivity index (χ0v) is 10.8. The minimum Gasteiger partial charge on any atom is -0.393 e. The van der Waals surface area contributed by atoms with Gasteiger partial charge in [-0.05, 0) is 43.7 Å². The molecular weight excluding hydrogens is 231 g/mol. The van der Waals surface area contributed by atoms with E-state index in [2.05, 4.69) is 0 Å². The first kappa shape index (κ1) is 13.5. The van der Waals surface area contributed by atoms with Crippen LogP contribution in [0.4, 0.5) is 4.39 Å². The Kier molecular flexibility index (Phi) is 4.72. The molecule has 100 valence electrons. The van der Waals surface area contributed by atoms with Crippen molar-refractivity contribution in [3.63, 3.8) is 0 Å². The molecule has 0 bridgehead atoms. The molecule has 1 aliphatic rings. The van der Waals surface area contributed by atoms with E-state index < -0.39 is 6.10 Å². The maximum Gasteiger partial charge on any atom is 0.126 e. The molecule has 0 spiro atoms. The molecule has 0 saturated heterocycles. The lowest BCUT2D eigenvalue weighted by Crippen LogP contribution is -2.34. The van der Waals surface area contributed by atoms with Crippen LogP contribution in [0.1, 0.15) is 31.7 Å². The Balaban J connectivity index is 1.73. The molecule has 1 saturated carbocycles. The van der Waals surface area contributed by atoms with Crippen LogP contribution in [-0.2, 0) is 11.2 Å². The molecule has 1 aromatic rings. The second-order valence-corrected chi connectivity index (χ2v) is 5.10. The smallest absolute Gasteiger partial charge is 0.126 e. The Morgan fingerprint density at radius 2 is 2.11 bits per heavy atom. The summed E-state index contributed by atoms with van der Waals surface area (Å²) in [6.45, 7) is 2.76. The Bertz CT molecular complexity index is 375. The van der Waals surface area contributed by atoms with Crippen molar-refractivity contribution < 1.29 is 14.2 Å². The number of hydrogen-bond donors (Lipinski definition) is 1. The van der Waals surface area contributed by atoms with E-state index in [0.717, 1.165) is 25.9 Å². The van der Waals surface area contributed by atoms with Crippen LogP contribution in [-0.4, -0.2) is 23.9 Å². The Labute approximate surface area is 108 Å². The molecule has 1 atom stereocenters. The lowest BCUT2D eigenvalue weighted by Gasteiger charge is -2.36. The van der Waals surface area contributed by atoms with Gasteiger partial charge in [0.05, 0.1) is 12.2 Å². The highest BCUT2D eigenvalue weighted by Crippen LogP contribution is 2.34. The zero-order valence-electron chi connectivity index (χ0n) is 10.8. The Morgan fingerprint density at radius 1 is 1.39 bits per heavy atom. The van der Waals surface area contributed by atoms with Crippen LogP contribution >= 0.6 is 0 Å². The van der Waals surface area contributed by atoms with Crippen LogP contribution in [0.2, 0.25) is 0 Å². The van der Waals surface area contributed by atoms with E-state index in [9.17, 15) is 9.50 Å². The minimum absolute atomic E-state index is 0.225. The van der Waals surface area contributed by atoms with Crippen molar-refractivity contribution in [3.05, 3.63) is 35.6 Å². The monoisotopic (exact) mass is 252 g/mol. The van der Waals surface area contributed by atoms with Gasteiger partial charge in [-0.2, -0.15) is 0 Å². The summed E-state index contributed by atoms with van der Waals surface area (Å²) >= 11 is 0. The fourth-order valence-corrected chi connectivity index (χ4v) is 2.62. The molecule has 18 heavy (non-hydrogen) atoms. The van der Waals surface area contributed by atoms with Crippen molar-refractivity contribution in [2.24, 2.45) is 5.92 Å². The standard InChI is InChI=1S/C15H21FO2/c1-2-18-14-8-11(9-14)7-13(17)10-12-5-3-4-6-15(12)16/h3-6,11,13-14,17H,2,7-10H2,1H3. The van der Waals surface area contributed by atoms with Crippen LogP contribution in [0.15, 0.2) is 24.3 Å². The molecule has 2 nitrogen and oxygen atoms in total. The second kappa shape index (κ2) is 6.30. The third-order valence-corrected chi connectivity index (χ3v) is 3.61. The van der Waals surface area contributed by atoms with Gasteiger partial charge in [0.25, 0.3) is 0 Å². The predicted octanol–water partition coefficient (Wildman–Crippen LogP) is 2.93. The first-order valence-corrected chi connectivity index (χ1v) is 6.72. The van der Waals surface area contributed by atoms with Gasteiger partial charge >= 0.3 is 0 Å². The van der Waals surface area contributed by atoms with E-state index in [0.29, 0.717) is 24.0 Å². The number of aliphatic hydroxyl groups is 1. The highest BCUT2D eigenvalue weighted by atomic mass is 19.1. The van der Waals surface area contributed by atoms with Crippen molar-refractivity contribution in [3.8, 4) is 0 Å². The van der Waals surface area contributed by atoms with E-state index in [1.807, 2.05) is 6.92 Å². The molecule has 1 unspecified atom stereocenters. The van der Waals surface area contributed by atoms with Crippen LogP contribution < -0.4 is 0 Å². The zero-order chi connectivity index (χ0) is 13.0. The molecule has 2 rings (SSSR count). The summed E-state index contributed by atoms with van der Waals surface area (Å²) in [5.41, 5.74) is 0.602. The van der Waals surface area contributed by atoms with Crippen molar-refractivity contribution >= 4 is 0 Å². The molecular formula is C15H21FO2. The number of aliphatic hydroxyl groups excluding tert-OH is 1. The van der Waals surface area contributed by atoms with Gasteiger partial charge in [-0.1, -0.05) is 18.2 Å². The van der Waals surface area contributed by atoms with Gasteiger partial charge in [-0.15, -0.1) is 0 Å². The molecule has 1 fully saturated rings. The van der Waals surface area contributed by atoms with Crippen molar-refractivity contribution in [1.82, 2.24) is 0 Å². The minimum atomic E-state index is -0.450. The predicted molar refractivity (Wildman–Crippen MR) is 68.9 cm³/mol. The number of benzene rings is 1. The van der Waals surface area contributed by atoms with Crippen molar-refractivity contribution in [2.75, 3.05) is 6.61 Å². The second-order valence-electron chi connectivity index (χ2n) is 5.10. The third kappa shape index (κ3) is 3.53. The van der Waals surface area contributed by atoms with Crippen LogP contribution in [0, 0.1) is 11.7 Å². The molecule has 0 aliphatic heterocycles. The van der Waals surface area contributed by atoms with Gasteiger partial charge in [-0.3, -0.25) is 0 Å². The van der Waals surface area contributed by atoms with E-state index in [-0.39, 0.29) is 5.82 Å². The largest absolute Gasteiger partial charge is 0.393 e. The van der Waals surface area contributed by atoms with Crippen LogP contribution in [0.5, 0.6) is 0 Å². The van der Waals surface area contributed by atoms with Gasteiger partial charge in [0.1, 0.15) is 5.82 Å². The molecule has 1 N–H and O–H groups in total. The Morgan fingerprint density at radius 3 is 2.78 bits per heavy atom. The van der Waals surface area contributed by atoms with Crippen molar-refractivity contribution in [2.45, 2.75) is 44.8 Å². The van der Waals surface area contributed by atoms with E-state index in [1.165, 1.54) is 6.07 Å². The van der Waals surface area contributed by atoms with E-state index in [4.69, 9.17) is 4.74 Å². The molecule has 0 radical (unpaired) electrons. The molecule has 0 aromatic heterocycles. The summed E-state index contributed by atoms with van der Waals surface area (Å²) in [6, 6.07) is 6.66. The summed E-state index contributed by atoms with van der Waals surface area (Å²) < 4.78 is 18.9. The van der Waals surface area contributed by atoms with Gasteiger partial charge in [0.15, 0.2) is 0 Å². The highest BCUT2D eigenvalue weighted by Gasteiger charge is 2.31. The molecule has 1 aromatic carbocycles. The third-order valence-electron chi connectivity index (χ3n) is 3.61. The lowest BCUT2D eigenvalue weighted by atomic mass is 9.78. The topological polar surface area (TPSA) is 29.5 Å². The maximum atomic E-state index is 13.4. The molecule has 0 amide bonds. The normalized spacial score (nSPS) is 24.6. The number of rotatable bonds is 6. The number of ether oxygens (including phenoxy) is 1. The summed E-state index contributed by atoms with van der Waals surface area (Å²) in [5, 5.41) is 9.97. The average Bonchev–Trinajstić information content (AvgIpc) is 2.29. The summed E-state index contributed by atoms with van der Waals surface area (Å²) in [7, 11) is 0. The fraction of sp³-hybridized carbons (Fsp3) is 0.600. The van der Waals surface area contributed by atoms with Gasteiger partial charge in [-0.25, -0.2) is 4.39 Å². The SMILES string of the molecule is CCOC1CC(CC(O)Cc2ccccc2F)C1. The number of hydrogen-bond acceptors (Lipinski definition) is 2. The summed E-state index contributed by atoms with van der Waals surface area (Å²) in [5.74, 6) is 0.306. The van der Waals surface area contributed by atoms with E-state index in [1.54, 1.807) is 18.2 Å². The first-order chi connectivity index (χ1) is 8.69. The molecule has 0 heterocycles. The Hall–Kier alpha value is -0.930. The fourth-order valence-electron chi connectivity index (χ4n) is 2.62.